The van der Waals surface area contributed by atoms with Gasteiger partial charge in [0.05, 0.1) is 6.61 Å². The normalized spacial score (nSPS) is 12.7. The second-order valence-electron chi connectivity index (χ2n) is 18.8. The van der Waals surface area contributed by atoms with Crippen molar-refractivity contribution in [2.45, 2.75) is 284 Å². The molecule has 0 aromatic rings. The van der Waals surface area contributed by atoms with Crippen molar-refractivity contribution in [3.63, 3.8) is 0 Å². The van der Waals surface area contributed by atoms with Crippen molar-refractivity contribution in [2.24, 2.45) is 0 Å². The van der Waals surface area contributed by atoms with Gasteiger partial charge in [0, 0.05) is 19.4 Å². The summed E-state index contributed by atoms with van der Waals surface area (Å²) in [4.78, 5) is 25.5. The number of ether oxygens (including phenoxy) is 3. The maximum Gasteiger partial charge on any atom is 0.306 e. The molecule has 0 saturated heterocycles. The maximum atomic E-state index is 12.8. The van der Waals surface area contributed by atoms with Crippen LogP contribution in [0.1, 0.15) is 278 Å². The zero-order valence-corrected chi connectivity index (χ0v) is 44.0. The second kappa shape index (κ2) is 56.7. The number of unbranched alkanes of at least 4 members (excludes halogenated alkanes) is 29. The van der Waals surface area contributed by atoms with Gasteiger partial charge in [-0.25, -0.2) is 0 Å². The number of esters is 2. The lowest BCUT2D eigenvalue weighted by Crippen LogP contribution is -2.30. The van der Waals surface area contributed by atoms with E-state index in [0.717, 1.165) is 89.9 Å². The van der Waals surface area contributed by atoms with Crippen molar-refractivity contribution in [1.29, 1.82) is 0 Å². The lowest BCUT2D eigenvalue weighted by Gasteiger charge is -2.18. The van der Waals surface area contributed by atoms with E-state index in [1.807, 2.05) is 0 Å². The van der Waals surface area contributed by atoms with Crippen molar-refractivity contribution in [3.8, 4) is 0 Å². The van der Waals surface area contributed by atoms with Gasteiger partial charge in [-0.3, -0.25) is 9.59 Å². The topological polar surface area (TPSA) is 61.8 Å². The highest BCUT2D eigenvalue weighted by atomic mass is 16.6. The molecule has 0 aliphatic carbocycles. The average molecular weight is 922 g/mol. The van der Waals surface area contributed by atoms with Gasteiger partial charge in [0.15, 0.2) is 6.10 Å². The minimum absolute atomic E-state index is 0.0702. The molecule has 0 aliphatic heterocycles. The Balaban J connectivity index is 4.33. The minimum atomic E-state index is -0.556. The Hall–Kier alpha value is -2.66. The molecule has 0 unspecified atom stereocenters. The van der Waals surface area contributed by atoms with E-state index >= 15 is 0 Å². The van der Waals surface area contributed by atoms with E-state index in [0.29, 0.717) is 19.4 Å². The first-order valence-electron chi connectivity index (χ1n) is 28.5. The Morgan fingerprint density at radius 1 is 0.348 bits per heavy atom. The van der Waals surface area contributed by atoms with Crippen molar-refractivity contribution in [3.05, 3.63) is 72.9 Å². The Labute approximate surface area is 410 Å². The molecule has 5 nitrogen and oxygen atoms in total. The Morgan fingerprint density at radius 3 is 1.14 bits per heavy atom. The molecule has 1 atom stereocenters. The van der Waals surface area contributed by atoms with Gasteiger partial charge in [-0.2, -0.15) is 0 Å². The molecule has 0 radical (unpaired) electrons. The predicted octanol–water partition coefficient (Wildman–Crippen LogP) is 19.5. The summed E-state index contributed by atoms with van der Waals surface area (Å²) in [5.41, 5.74) is 0. The summed E-state index contributed by atoms with van der Waals surface area (Å²) in [6.45, 7) is 7.70. The largest absolute Gasteiger partial charge is 0.462 e. The number of hydrogen-bond donors (Lipinski definition) is 0. The Morgan fingerprint density at radius 2 is 0.682 bits per heavy atom. The summed E-state index contributed by atoms with van der Waals surface area (Å²) in [6, 6.07) is 0. The highest BCUT2D eigenvalue weighted by molar-refractivity contribution is 5.70. The summed E-state index contributed by atoms with van der Waals surface area (Å²) in [5, 5.41) is 0. The molecule has 5 heteroatoms. The lowest BCUT2D eigenvalue weighted by atomic mass is 10.0. The molecular formula is C61H108O5. The minimum Gasteiger partial charge on any atom is -0.462 e. The van der Waals surface area contributed by atoms with E-state index < -0.39 is 6.10 Å². The Kier molecular flexibility index (Phi) is 54.4. The third-order valence-electron chi connectivity index (χ3n) is 12.2. The molecule has 0 N–H and O–H groups in total. The number of carbonyl (C=O) groups is 2. The average Bonchev–Trinajstić information content (AvgIpc) is 3.32. The van der Waals surface area contributed by atoms with Gasteiger partial charge < -0.3 is 14.2 Å². The molecule has 0 aromatic carbocycles. The third kappa shape index (κ3) is 54.0. The van der Waals surface area contributed by atoms with Crippen LogP contribution < -0.4 is 0 Å². The van der Waals surface area contributed by atoms with Crippen LogP contribution in [-0.2, 0) is 23.8 Å². The van der Waals surface area contributed by atoms with Crippen LogP contribution in [0.15, 0.2) is 72.9 Å². The van der Waals surface area contributed by atoms with Crippen LogP contribution in [0, 0.1) is 0 Å². The smallest absolute Gasteiger partial charge is 0.306 e. The molecule has 66 heavy (non-hydrogen) atoms. The fourth-order valence-electron chi connectivity index (χ4n) is 8.00. The first-order valence-corrected chi connectivity index (χ1v) is 28.5. The maximum absolute atomic E-state index is 12.8. The summed E-state index contributed by atoms with van der Waals surface area (Å²) in [5.74, 6) is -0.430. The van der Waals surface area contributed by atoms with Crippen LogP contribution >= 0.6 is 0 Å². The summed E-state index contributed by atoms with van der Waals surface area (Å²) in [6.07, 6.45) is 73.5. The van der Waals surface area contributed by atoms with E-state index in [1.54, 1.807) is 0 Å². The van der Waals surface area contributed by atoms with Crippen LogP contribution in [-0.4, -0.2) is 37.9 Å². The highest BCUT2D eigenvalue weighted by Crippen LogP contribution is 2.15. The number of allylic oxidation sites excluding steroid dienone is 12. The molecule has 0 spiro atoms. The first kappa shape index (κ1) is 63.3. The van der Waals surface area contributed by atoms with Crippen LogP contribution in [0.3, 0.4) is 0 Å². The predicted molar refractivity (Wildman–Crippen MR) is 288 cm³/mol. The van der Waals surface area contributed by atoms with E-state index in [-0.39, 0.29) is 25.2 Å². The van der Waals surface area contributed by atoms with Crippen molar-refractivity contribution in [1.82, 2.24) is 0 Å². The van der Waals surface area contributed by atoms with Gasteiger partial charge in [0.2, 0.25) is 0 Å². The molecule has 0 fully saturated rings. The van der Waals surface area contributed by atoms with Gasteiger partial charge >= 0.3 is 11.9 Å². The van der Waals surface area contributed by atoms with Gasteiger partial charge in [0.25, 0.3) is 0 Å². The highest BCUT2D eigenvalue weighted by Gasteiger charge is 2.17. The molecule has 0 heterocycles. The number of rotatable bonds is 52. The standard InChI is InChI=1S/C61H108O5/c1-4-7-10-13-16-19-22-25-28-30-31-32-34-37-40-43-46-49-52-55-61(63)66-59(57-64-56-53-50-47-44-41-38-35-29-26-23-20-17-14-11-8-5-2)58-65-60(62)54-51-48-45-42-39-36-33-27-24-21-18-15-12-9-6-3/h7,10,16,19,21,24-25,28,31-32,37,40,59H,4-6,8-9,11-15,17-18,20,22-23,26-27,29-30,33-36,38-39,41-58H2,1-3H3/b10-7-,19-16-,24-21-,28-25-,32-31-,40-37-/t59-/m1/s1. The third-order valence-corrected chi connectivity index (χ3v) is 12.2. The quantitative estimate of drug-likeness (QED) is 0.0346. The van der Waals surface area contributed by atoms with Crippen molar-refractivity contribution in [2.75, 3.05) is 19.8 Å². The molecule has 0 aliphatic rings. The lowest BCUT2D eigenvalue weighted by molar-refractivity contribution is -0.163. The molecule has 0 saturated carbocycles. The summed E-state index contributed by atoms with van der Waals surface area (Å²) in [7, 11) is 0. The van der Waals surface area contributed by atoms with E-state index in [1.165, 1.54) is 154 Å². The fraction of sp³-hybridized carbons (Fsp3) is 0.770. The van der Waals surface area contributed by atoms with Crippen molar-refractivity contribution >= 4 is 11.9 Å². The molecule has 382 valence electrons. The first-order chi connectivity index (χ1) is 32.6. The summed E-state index contributed by atoms with van der Waals surface area (Å²) >= 11 is 0. The van der Waals surface area contributed by atoms with Gasteiger partial charge in [-0.05, 0) is 89.9 Å². The van der Waals surface area contributed by atoms with E-state index in [4.69, 9.17) is 14.2 Å². The second-order valence-corrected chi connectivity index (χ2v) is 18.8. The molecule has 0 rings (SSSR count). The molecular weight excluding hydrogens is 813 g/mol. The van der Waals surface area contributed by atoms with Crippen LogP contribution in [0.2, 0.25) is 0 Å². The van der Waals surface area contributed by atoms with Gasteiger partial charge in [0.1, 0.15) is 6.61 Å². The molecule has 0 aromatic heterocycles. The summed E-state index contributed by atoms with van der Waals surface area (Å²) < 4.78 is 17.5. The molecule has 0 bridgehead atoms. The SMILES string of the molecule is CC/C=C\C/C=C\C/C=C\C/C=C\C/C=C\CCCCCC(=O)O[C@H](COCCCCCCCCCCCCCCCCCC)COC(=O)CCCCCCCCC/C=C\CCCCCC. The Bertz CT molecular complexity index is 1180. The molecule has 0 amide bonds. The van der Waals surface area contributed by atoms with Crippen LogP contribution in [0.5, 0.6) is 0 Å². The fourth-order valence-corrected chi connectivity index (χ4v) is 8.00. The van der Waals surface area contributed by atoms with Crippen LogP contribution in [0.25, 0.3) is 0 Å². The van der Waals surface area contributed by atoms with Gasteiger partial charge in [-0.15, -0.1) is 0 Å². The zero-order valence-electron chi connectivity index (χ0n) is 44.0. The van der Waals surface area contributed by atoms with E-state index in [2.05, 4.69) is 93.7 Å². The van der Waals surface area contributed by atoms with Crippen LogP contribution in [0.4, 0.5) is 0 Å². The number of carbonyl (C=O) groups excluding carboxylic acids is 2. The van der Waals surface area contributed by atoms with E-state index in [9.17, 15) is 9.59 Å². The van der Waals surface area contributed by atoms with Crippen molar-refractivity contribution < 1.29 is 23.8 Å². The number of hydrogen-bond acceptors (Lipinski definition) is 5. The van der Waals surface area contributed by atoms with Gasteiger partial charge in [-0.1, -0.05) is 248 Å². The zero-order chi connectivity index (χ0) is 47.7. The monoisotopic (exact) mass is 921 g/mol.